The number of nitrogens with zero attached hydrogens (tertiary/aromatic N) is 1. The van der Waals surface area contributed by atoms with Gasteiger partial charge in [-0.3, -0.25) is 0 Å². The van der Waals surface area contributed by atoms with E-state index in [2.05, 4.69) is 5.32 Å². The minimum absolute atomic E-state index is 0.0478. The van der Waals surface area contributed by atoms with Crippen molar-refractivity contribution < 1.29 is 17.9 Å². The first kappa shape index (κ1) is 15.9. The molecule has 0 atom stereocenters. The number of hydrogen-bond donors (Lipinski definition) is 1. The maximum Gasteiger partial charge on any atom is 0.340 e. The van der Waals surface area contributed by atoms with Gasteiger partial charge in [0.2, 0.25) is 0 Å². The molecule has 6 nitrogen and oxygen atoms in total. The van der Waals surface area contributed by atoms with Gasteiger partial charge < -0.3 is 10.1 Å². The van der Waals surface area contributed by atoms with E-state index in [9.17, 15) is 13.2 Å². The Kier molecular flexibility index (Phi) is 3.87. The Morgan fingerprint density at radius 3 is 2.61 bits per heavy atom. The summed E-state index contributed by atoms with van der Waals surface area (Å²) in [5.41, 5.74) is 0.185. The van der Waals surface area contributed by atoms with Crippen molar-refractivity contribution in [1.82, 2.24) is 0 Å². The molecule has 1 aliphatic rings. The van der Waals surface area contributed by atoms with Crippen LogP contribution in [0.25, 0.3) is 0 Å². The molecule has 2 aromatic carbocycles. The summed E-state index contributed by atoms with van der Waals surface area (Å²) in [4.78, 5) is 12.1. The quantitative estimate of drug-likeness (QED) is 0.870. The van der Waals surface area contributed by atoms with Crippen molar-refractivity contribution in [3.8, 4) is 5.75 Å². The van der Waals surface area contributed by atoms with Crippen molar-refractivity contribution in [3.63, 3.8) is 0 Å². The summed E-state index contributed by atoms with van der Waals surface area (Å²) in [5, 5.41) is 2.63. The van der Waals surface area contributed by atoms with Gasteiger partial charge in [-0.05, 0) is 24.3 Å². The smallest absolute Gasteiger partial charge is 0.340 e. The molecule has 2 amide bonds. The fraction of sp³-hybridized carbons (Fsp3) is 0.0714. The maximum absolute atomic E-state index is 12.8. The summed E-state index contributed by atoms with van der Waals surface area (Å²) in [6.45, 7) is 0. The summed E-state index contributed by atoms with van der Waals surface area (Å²) in [5.74, 6) is 0.415. The number of carbonyl (C=O) groups is 1. The average Bonchev–Trinajstić information content (AvgIpc) is 2.45. The molecule has 0 bridgehead atoms. The molecule has 0 saturated carbocycles. The molecule has 9 heteroatoms. The van der Waals surface area contributed by atoms with Gasteiger partial charge in [0.05, 0.1) is 23.5 Å². The molecule has 1 aliphatic heterocycles. The largest absolute Gasteiger partial charge is 0.497 e. The molecule has 0 aromatic heterocycles. The average molecular weight is 373 g/mol. The third kappa shape index (κ3) is 2.60. The molecule has 0 unspecified atom stereocenters. The lowest BCUT2D eigenvalue weighted by Crippen LogP contribution is -2.44. The second-order valence-corrected chi connectivity index (χ2v) is 7.23. The second kappa shape index (κ2) is 5.59. The number of carbonyl (C=O) groups excluding carboxylic acids is 1. The highest BCUT2D eigenvalue weighted by Crippen LogP contribution is 2.40. The Hall–Kier alpha value is -1.96. The van der Waals surface area contributed by atoms with Crippen LogP contribution in [0.5, 0.6) is 5.75 Å². The van der Waals surface area contributed by atoms with Crippen LogP contribution >= 0.6 is 23.2 Å². The van der Waals surface area contributed by atoms with E-state index in [1.54, 1.807) is 12.1 Å². The first-order valence-electron chi connectivity index (χ1n) is 6.34. The fourth-order valence-corrected chi connectivity index (χ4v) is 4.59. The lowest BCUT2D eigenvalue weighted by Gasteiger charge is -2.29. The van der Waals surface area contributed by atoms with E-state index in [-0.39, 0.29) is 26.3 Å². The van der Waals surface area contributed by atoms with E-state index < -0.39 is 16.1 Å². The van der Waals surface area contributed by atoms with Crippen LogP contribution in [0.1, 0.15) is 0 Å². The predicted octanol–water partition coefficient (Wildman–Crippen LogP) is 3.74. The number of halogens is 2. The lowest BCUT2D eigenvalue weighted by molar-refractivity contribution is 0.259. The van der Waals surface area contributed by atoms with E-state index in [0.717, 1.165) is 0 Å². The number of ether oxygens (including phenoxy) is 1. The van der Waals surface area contributed by atoms with E-state index in [1.165, 1.54) is 31.4 Å². The summed E-state index contributed by atoms with van der Waals surface area (Å²) >= 11 is 11.9. The van der Waals surface area contributed by atoms with Gasteiger partial charge in [-0.1, -0.05) is 29.3 Å². The molecule has 1 heterocycles. The predicted molar refractivity (Wildman–Crippen MR) is 88.1 cm³/mol. The molecule has 3 rings (SSSR count). The van der Waals surface area contributed by atoms with Crippen LogP contribution in [0.4, 0.5) is 16.2 Å². The number of fused-ring (bicyclic) bond motifs is 1. The highest BCUT2D eigenvalue weighted by atomic mass is 35.5. The molecule has 0 spiro atoms. The first-order valence-corrected chi connectivity index (χ1v) is 8.53. The third-order valence-electron chi connectivity index (χ3n) is 3.22. The van der Waals surface area contributed by atoms with Gasteiger partial charge in [0.25, 0.3) is 10.0 Å². The Balaban J connectivity index is 2.22. The van der Waals surface area contributed by atoms with E-state index in [4.69, 9.17) is 27.9 Å². The van der Waals surface area contributed by atoms with Gasteiger partial charge in [0.15, 0.2) is 0 Å². The van der Waals surface area contributed by atoms with Gasteiger partial charge >= 0.3 is 6.03 Å². The number of rotatable bonds is 2. The second-order valence-electron chi connectivity index (χ2n) is 4.67. The molecule has 0 radical (unpaired) electrons. The van der Waals surface area contributed by atoms with Crippen LogP contribution < -0.4 is 14.4 Å². The number of hydrogen-bond acceptors (Lipinski definition) is 4. The van der Waals surface area contributed by atoms with Crippen molar-refractivity contribution in [3.05, 3.63) is 46.4 Å². The standard InChI is InChI=1S/C14H10Cl2N2O4S/c1-22-10-4-2-3-9(7-10)18-14(19)17-12-6-8(15)5-11(16)13(12)23(18,20)21/h2-7H,1H3,(H,17,19). The van der Waals surface area contributed by atoms with Crippen LogP contribution in [0.15, 0.2) is 41.3 Å². The van der Waals surface area contributed by atoms with Crippen molar-refractivity contribution >= 4 is 50.6 Å². The van der Waals surface area contributed by atoms with Crippen LogP contribution in [-0.4, -0.2) is 21.6 Å². The van der Waals surface area contributed by atoms with Crippen LogP contribution in [0, 0.1) is 0 Å². The molecular weight excluding hydrogens is 363 g/mol. The van der Waals surface area contributed by atoms with Gasteiger partial charge in [-0.25, -0.2) is 13.2 Å². The summed E-state index contributed by atoms with van der Waals surface area (Å²) < 4.78 is 31.4. The highest BCUT2D eigenvalue weighted by Gasteiger charge is 2.40. The lowest BCUT2D eigenvalue weighted by atomic mass is 10.3. The topological polar surface area (TPSA) is 75.7 Å². The fourth-order valence-electron chi connectivity index (χ4n) is 2.27. The van der Waals surface area contributed by atoms with Crippen LogP contribution in [0.2, 0.25) is 10.0 Å². The Labute approximate surface area is 142 Å². The first-order chi connectivity index (χ1) is 10.8. The number of sulfonamides is 1. The zero-order chi connectivity index (χ0) is 16.8. The van der Waals surface area contributed by atoms with Crippen molar-refractivity contribution in [2.45, 2.75) is 4.90 Å². The number of methoxy groups -OCH3 is 1. The van der Waals surface area contributed by atoms with Gasteiger partial charge in [0.1, 0.15) is 10.6 Å². The molecule has 0 fully saturated rings. The zero-order valence-corrected chi connectivity index (χ0v) is 14.0. The van der Waals surface area contributed by atoms with Crippen molar-refractivity contribution in [2.24, 2.45) is 0 Å². The molecule has 23 heavy (non-hydrogen) atoms. The molecular formula is C14H10Cl2N2O4S. The van der Waals surface area contributed by atoms with Crippen LogP contribution in [-0.2, 0) is 10.0 Å². The summed E-state index contributed by atoms with van der Waals surface area (Å²) in [6, 6.07) is 7.95. The molecule has 0 aliphatic carbocycles. The summed E-state index contributed by atoms with van der Waals surface area (Å²) in [7, 11) is -2.74. The number of amides is 2. The van der Waals surface area contributed by atoms with E-state index in [1.807, 2.05) is 0 Å². The van der Waals surface area contributed by atoms with Crippen LogP contribution in [0.3, 0.4) is 0 Å². The molecule has 120 valence electrons. The Bertz CT molecular complexity index is 915. The Morgan fingerprint density at radius 1 is 1.17 bits per heavy atom. The highest BCUT2D eigenvalue weighted by molar-refractivity contribution is 7.94. The summed E-state index contributed by atoms with van der Waals surface area (Å²) in [6.07, 6.45) is 0. The maximum atomic E-state index is 12.8. The molecule has 2 aromatic rings. The number of nitrogens with one attached hydrogen (secondary N) is 1. The van der Waals surface area contributed by atoms with E-state index >= 15 is 0 Å². The number of anilines is 2. The number of urea groups is 1. The zero-order valence-electron chi connectivity index (χ0n) is 11.7. The van der Waals surface area contributed by atoms with Crippen molar-refractivity contribution in [2.75, 3.05) is 16.7 Å². The molecule has 0 saturated heterocycles. The normalized spacial score (nSPS) is 15.8. The SMILES string of the molecule is COc1cccc(N2C(=O)Nc3cc(Cl)cc(Cl)c3S2(=O)=O)c1. The molecule has 1 N–H and O–H groups in total. The minimum Gasteiger partial charge on any atom is -0.497 e. The number of benzene rings is 2. The minimum atomic E-state index is -4.18. The van der Waals surface area contributed by atoms with Gasteiger partial charge in [-0.15, -0.1) is 0 Å². The Morgan fingerprint density at radius 2 is 1.91 bits per heavy atom. The van der Waals surface area contributed by atoms with Gasteiger partial charge in [0, 0.05) is 11.1 Å². The monoisotopic (exact) mass is 372 g/mol. The van der Waals surface area contributed by atoms with E-state index in [0.29, 0.717) is 10.1 Å². The third-order valence-corrected chi connectivity index (χ3v) is 5.66. The van der Waals surface area contributed by atoms with Gasteiger partial charge in [-0.2, -0.15) is 4.31 Å². The van der Waals surface area contributed by atoms with Crippen molar-refractivity contribution in [1.29, 1.82) is 0 Å².